The summed E-state index contributed by atoms with van der Waals surface area (Å²) in [5.74, 6) is 0.372. The largest absolute Gasteiger partial charge is 0.504 e. The van der Waals surface area contributed by atoms with Gasteiger partial charge in [-0.05, 0) is 29.4 Å². The first-order valence-electron chi connectivity index (χ1n) is 6.91. The van der Waals surface area contributed by atoms with Crippen LogP contribution in [0.5, 0.6) is 11.5 Å². The molecular formula is C16H16BClN2O2S. The first-order valence-corrected chi connectivity index (χ1v) is 7.69. The van der Waals surface area contributed by atoms with E-state index in [1.165, 1.54) is 13.2 Å². The van der Waals surface area contributed by atoms with Gasteiger partial charge in [0.25, 0.3) is 0 Å². The van der Waals surface area contributed by atoms with Crippen molar-refractivity contribution in [2.75, 3.05) is 7.11 Å². The summed E-state index contributed by atoms with van der Waals surface area (Å²) >= 11 is 11.3. The number of methoxy groups -OCH3 is 1. The Morgan fingerprint density at radius 2 is 1.87 bits per heavy atom. The van der Waals surface area contributed by atoms with Gasteiger partial charge < -0.3 is 20.5 Å². The van der Waals surface area contributed by atoms with Crippen LogP contribution in [-0.4, -0.2) is 25.2 Å². The number of rotatable bonds is 5. The van der Waals surface area contributed by atoms with Crippen molar-refractivity contribution in [1.29, 1.82) is 0 Å². The van der Waals surface area contributed by atoms with Crippen LogP contribution in [0.15, 0.2) is 36.4 Å². The molecule has 2 aromatic rings. The molecule has 2 aromatic carbocycles. The quantitative estimate of drug-likeness (QED) is 0.571. The minimum Gasteiger partial charge on any atom is -0.504 e. The fourth-order valence-corrected chi connectivity index (χ4v) is 2.31. The smallest absolute Gasteiger partial charge is 0.166 e. The average Bonchev–Trinajstić information content (AvgIpc) is 2.53. The molecule has 0 spiro atoms. The second kappa shape index (κ2) is 8.08. The summed E-state index contributed by atoms with van der Waals surface area (Å²) in [6.45, 7) is 1.02. The molecule has 0 atom stereocenters. The summed E-state index contributed by atoms with van der Waals surface area (Å²) in [6, 6.07) is 10.7. The molecular weight excluding hydrogens is 331 g/mol. The lowest BCUT2D eigenvalue weighted by Gasteiger charge is -2.13. The summed E-state index contributed by atoms with van der Waals surface area (Å²) in [7, 11) is 7.13. The fourth-order valence-electron chi connectivity index (χ4n) is 1.94. The summed E-state index contributed by atoms with van der Waals surface area (Å²) < 4.78 is 5.07. The molecule has 2 rings (SSSR count). The van der Waals surface area contributed by atoms with Crippen molar-refractivity contribution in [3.63, 3.8) is 0 Å². The van der Waals surface area contributed by atoms with E-state index in [4.69, 9.17) is 36.4 Å². The maximum Gasteiger partial charge on any atom is 0.166 e. The third kappa shape index (κ3) is 5.04. The van der Waals surface area contributed by atoms with E-state index >= 15 is 0 Å². The zero-order valence-electron chi connectivity index (χ0n) is 12.6. The van der Waals surface area contributed by atoms with Gasteiger partial charge in [0.05, 0.1) is 7.11 Å². The summed E-state index contributed by atoms with van der Waals surface area (Å²) in [6.07, 6.45) is 0. The molecule has 0 heterocycles. The van der Waals surface area contributed by atoms with Crippen LogP contribution in [0.1, 0.15) is 11.1 Å². The Labute approximate surface area is 147 Å². The molecule has 0 aliphatic carbocycles. The monoisotopic (exact) mass is 346 g/mol. The van der Waals surface area contributed by atoms with E-state index in [9.17, 15) is 5.11 Å². The van der Waals surface area contributed by atoms with Crippen LogP contribution in [0, 0.1) is 0 Å². The number of nitrogens with one attached hydrogen (secondary N) is 2. The van der Waals surface area contributed by atoms with E-state index in [0.29, 0.717) is 29.0 Å². The number of aromatic hydroxyl groups is 1. The van der Waals surface area contributed by atoms with Crippen molar-refractivity contribution in [3.8, 4) is 11.5 Å². The Morgan fingerprint density at radius 3 is 2.52 bits per heavy atom. The number of hydrogen-bond donors (Lipinski definition) is 3. The summed E-state index contributed by atoms with van der Waals surface area (Å²) in [5.41, 5.74) is 2.58. The predicted molar refractivity (Wildman–Crippen MR) is 97.8 cm³/mol. The zero-order valence-corrected chi connectivity index (χ0v) is 14.2. The van der Waals surface area contributed by atoms with Crippen LogP contribution in [0.3, 0.4) is 0 Å². The lowest BCUT2D eigenvalue weighted by Crippen LogP contribution is -2.34. The molecule has 4 nitrogen and oxygen atoms in total. The van der Waals surface area contributed by atoms with Gasteiger partial charge in [0, 0.05) is 24.2 Å². The van der Waals surface area contributed by atoms with Crippen molar-refractivity contribution in [3.05, 3.63) is 52.5 Å². The summed E-state index contributed by atoms with van der Waals surface area (Å²) in [4.78, 5) is 0. The number of phenolic OH excluding ortho intramolecular Hbond substituents is 1. The topological polar surface area (TPSA) is 53.5 Å². The van der Waals surface area contributed by atoms with Crippen LogP contribution in [0.2, 0.25) is 5.02 Å². The Kier molecular flexibility index (Phi) is 6.13. The van der Waals surface area contributed by atoms with Crippen molar-refractivity contribution in [2.24, 2.45) is 0 Å². The molecule has 0 saturated carbocycles. The third-order valence-corrected chi connectivity index (χ3v) is 3.86. The molecule has 23 heavy (non-hydrogen) atoms. The van der Waals surface area contributed by atoms with E-state index < -0.39 is 0 Å². The van der Waals surface area contributed by atoms with Crippen LogP contribution in [-0.2, 0) is 13.1 Å². The van der Waals surface area contributed by atoms with Gasteiger partial charge in [0.15, 0.2) is 16.6 Å². The second-order valence-corrected chi connectivity index (χ2v) is 5.71. The van der Waals surface area contributed by atoms with Gasteiger partial charge in [0.1, 0.15) is 7.85 Å². The van der Waals surface area contributed by atoms with E-state index in [0.717, 1.165) is 16.6 Å². The van der Waals surface area contributed by atoms with E-state index in [1.807, 2.05) is 24.3 Å². The molecule has 2 radical (unpaired) electrons. The maximum atomic E-state index is 9.65. The Bertz CT molecular complexity index is 695. The van der Waals surface area contributed by atoms with Crippen LogP contribution >= 0.6 is 23.8 Å². The molecule has 3 N–H and O–H groups in total. The number of phenols is 1. The first kappa shape index (κ1) is 17.4. The lowest BCUT2D eigenvalue weighted by atomic mass is 9.95. The number of thiocarbonyl (C=S) groups is 1. The van der Waals surface area contributed by atoms with Crippen molar-refractivity contribution in [1.82, 2.24) is 10.6 Å². The normalized spacial score (nSPS) is 10.2. The molecule has 0 fully saturated rings. The molecule has 0 saturated heterocycles. The second-order valence-electron chi connectivity index (χ2n) is 4.89. The summed E-state index contributed by atoms with van der Waals surface area (Å²) in [5, 5.41) is 16.8. The first-order chi connectivity index (χ1) is 11.0. The van der Waals surface area contributed by atoms with Gasteiger partial charge in [0.2, 0.25) is 0 Å². The highest BCUT2D eigenvalue weighted by molar-refractivity contribution is 7.80. The van der Waals surface area contributed by atoms with E-state index in [1.54, 1.807) is 6.07 Å². The van der Waals surface area contributed by atoms with Gasteiger partial charge in [-0.2, -0.15) is 0 Å². The molecule has 0 aliphatic heterocycles. The van der Waals surface area contributed by atoms with Crippen molar-refractivity contribution >= 4 is 42.2 Å². The molecule has 0 amide bonds. The standard InChI is InChI=1S/C16H16BClN2O2S/c1-22-15-6-11(13(18)7-14(15)21)9-20-16(23)19-8-10-2-4-12(17)5-3-10/h2-7,21H,8-9H2,1H3,(H2,19,20,23). The Balaban J connectivity index is 1.88. The van der Waals surface area contributed by atoms with E-state index in [-0.39, 0.29) is 5.75 Å². The number of hydrogen-bond acceptors (Lipinski definition) is 3. The third-order valence-electron chi connectivity index (χ3n) is 3.22. The van der Waals surface area contributed by atoms with Gasteiger partial charge in [-0.1, -0.05) is 41.3 Å². The van der Waals surface area contributed by atoms with Gasteiger partial charge in [-0.3, -0.25) is 0 Å². The Morgan fingerprint density at radius 1 is 1.22 bits per heavy atom. The molecule has 0 bridgehead atoms. The fraction of sp³-hybridized carbons (Fsp3) is 0.188. The van der Waals surface area contributed by atoms with Crippen LogP contribution < -0.4 is 20.8 Å². The molecule has 0 aromatic heterocycles. The lowest BCUT2D eigenvalue weighted by molar-refractivity contribution is 0.373. The van der Waals surface area contributed by atoms with Crippen molar-refractivity contribution in [2.45, 2.75) is 13.1 Å². The molecule has 7 heteroatoms. The highest BCUT2D eigenvalue weighted by atomic mass is 35.5. The number of ether oxygens (including phenoxy) is 1. The number of benzene rings is 2. The SMILES string of the molecule is [B]c1ccc(CNC(=S)NCc2cc(OC)c(O)cc2Cl)cc1. The van der Waals surface area contributed by atoms with Gasteiger partial charge >= 0.3 is 0 Å². The number of halogens is 1. The van der Waals surface area contributed by atoms with E-state index in [2.05, 4.69) is 10.6 Å². The van der Waals surface area contributed by atoms with Gasteiger partial charge in [-0.15, -0.1) is 0 Å². The Hall–Kier alpha value is -1.92. The van der Waals surface area contributed by atoms with Crippen molar-refractivity contribution < 1.29 is 9.84 Å². The predicted octanol–water partition coefficient (Wildman–Crippen LogP) is 2.01. The maximum absolute atomic E-state index is 9.65. The average molecular weight is 347 g/mol. The van der Waals surface area contributed by atoms with Gasteiger partial charge in [-0.25, -0.2) is 0 Å². The molecule has 118 valence electrons. The van der Waals surface area contributed by atoms with Crippen LogP contribution in [0.4, 0.5) is 0 Å². The minimum atomic E-state index is 0.00491. The van der Waals surface area contributed by atoms with Crippen LogP contribution in [0.25, 0.3) is 0 Å². The molecule has 0 aliphatic rings. The zero-order chi connectivity index (χ0) is 16.8. The minimum absolute atomic E-state index is 0.00491. The molecule has 0 unspecified atom stereocenters. The highest BCUT2D eigenvalue weighted by Gasteiger charge is 2.08. The highest BCUT2D eigenvalue weighted by Crippen LogP contribution is 2.31.